The number of aliphatic hydroxyl groups is 1. The van der Waals surface area contributed by atoms with Gasteiger partial charge in [-0.05, 0) is 34.7 Å². The van der Waals surface area contributed by atoms with Crippen molar-refractivity contribution in [3.8, 4) is 0 Å². The summed E-state index contributed by atoms with van der Waals surface area (Å²) in [5.41, 5.74) is 2.48. The molecule has 3 heteroatoms. The van der Waals surface area contributed by atoms with E-state index < -0.39 is 6.10 Å². The third-order valence-corrected chi connectivity index (χ3v) is 3.65. The smallest absolute Gasteiger partial charge is 0.127 e. The van der Waals surface area contributed by atoms with E-state index in [2.05, 4.69) is 13.8 Å². The van der Waals surface area contributed by atoms with Crippen LogP contribution in [0, 0.1) is 5.82 Å². The van der Waals surface area contributed by atoms with Gasteiger partial charge in [0.05, 0.1) is 6.10 Å². The van der Waals surface area contributed by atoms with Gasteiger partial charge in [-0.15, -0.1) is 0 Å². The van der Waals surface area contributed by atoms with Gasteiger partial charge in [-0.25, -0.2) is 4.39 Å². The van der Waals surface area contributed by atoms with Crippen LogP contribution in [0.1, 0.15) is 42.6 Å². The summed E-state index contributed by atoms with van der Waals surface area (Å²) < 4.78 is 13.7. The van der Waals surface area contributed by atoms with Gasteiger partial charge in [0.1, 0.15) is 5.82 Å². The van der Waals surface area contributed by atoms with Gasteiger partial charge in [-0.1, -0.05) is 55.8 Å². The lowest BCUT2D eigenvalue weighted by Gasteiger charge is -2.13. The van der Waals surface area contributed by atoms with Crippen LogP contribution in [-0.4, -0.2) is 5.11 Å². The highest BCUT2D eigenvalue weighted by Crippen LogP contribution is 2.23. The second kappa shape index (κ2) is 6.38. The van der Waals surface area contributed by atoms with Crippen LogP contribution in [0.2, 0.25) is 5.02 Å². The first-order valence-electron chi connectivity index (χ1n) is 6.69. The van der Waals surface area contributed by atoms with Crippen LogP contribution in [0.5, 0.6) is 0 Å². The van der Waals surface area contributed by atoms with E-state index in [1.54, 1.807) is 12.1 Å². The van der Waals surface area contributed by atoms with Crippen LogP contribution in [0.3, 0.4) is 0 Å². The molecule has 0 fully saturated rings. The molecule has 2 aromatic rings. The molecule has 1 nitrogen and oxygen atoms in total. The normalized spacial score (nSPS) is 12.7. The highest BCUT2D eigenvalue weighted by atomic mass is 35.5. The molecule has 0 heterocycles. The molecule has 0 saturated carbocycles. The van der Waals surface area contributed by atoms with Gasteiger partial charge in [0.2, 0.25) is 0 Å². The zero-order valence-corrected chi connectivity index (χ0v) is 12.4. The molecule has 20 heavy (non-hydrogen) atoms. The predicted molar refractivity (Wildman–Crippen MR) is 80.6 cm³/mol. The summed E-state index contributed by atoms with van der Waals surface area (Å²) in [4.78, 5) is 0. The van der Waals surface area contributed by atoms with Crippen molar-refractivity contribution in [3.05, 3.63) is 70.0 Å². The van der Waals surface area contributed by atoms with E-state index in [4.69, 9.17) is 11.6 Å². The van der Waals surface area contributed by atoms with E-state index in [0.717, 1.165) is 5.56 Å². The van der Waals surface area contributed by atoms with Gasteiger partial charge in [0.15, 0.2) is 0 Å². The van der Waals surface area contributed by atoms with Gasteiger partial charge in [-0.3, -0.25) is 0 Å². The fraction of sp³-hybridized carbons (Fsp3) is 0.294. The second-order valence-corrected chi connectivity index (χ2v) is 5.71. The maximum Gasteiger partial charge on any atom is 0.127 e. The SMILES string of the molecule is CC(C)c1ccc(C(O)Cc2ccc(Cl)cc2F)cc1. The number of hydrogen-bond acceptors (Lipinski definition) is 1. The molecule has 0 aliphatic carbocycles. The van der Waals surface area contributed by atoms with Crippen molar-refractivity contribution >= 4 is 11.6 Å². The van der Waals surface area contributed by atoms with Gasteiger partial charge in [0.25, 0.3) is 0 Å². The largest absolute Gasteiger partial charge is 0.388 e. The van der Waals surface area contributed by atoms with Crippen molar-refractivity contribution in [2.75, 3.05) is 0 Å². The van der Waals surface area contributed by atoms with Crippen molar-refractivity contribution < 1.29 is 9.50 Å². The molecule has 0 amide bonds. The van der Waals surface area contributed by atoms with Crippen molar-refractivity contribution in [2.45, 2.75) is 32.3 Å². The Bertz CT molecular complexity index is 578. The molecular weight excluding hydrogens is 275 g/mol. The first kappa shape index (κ1) is 15.0. The molecule has 0 bridgehead atoms. The summed E-state index contributed by atoms with van der Waals surface area (Å²) in [6.07, 6.45) is -0.476. The number of aliphatic hydroxyl groups excluding tert-OH is 1. The first-order chi connectivity index (χ1) is 9.47. The molecule has 0 spiro atoms. The Kier molecular flexibility index (Phi) is 4.79. The first-order valence-corrected chi connectivity index (χ1v) is 7.07. The number of benzene rings is 2. The summed E-state index contributed by atoms with van der Waals surface area (Å²) in [6, 6.07) is 12.3. The maximum absolute atomic E-state index is 13.7. The lowest BCUT2D eigenvalue weighted by Crippen LogP contribution is -2.04. The molecule has 0 radical (unpaired) electrons. The van der Waals surface area contributed by atoms with E-state index in [-0.39, 0.29) is 12.2 Å². The second-order valence-electron chi connectivity index (χ2n) is 5.28. The van der Waals surface area contributed by atoms with Gasteiger partial charge >= 0.3 is 0 Å². The Morgan fingerprint density at radius 3 is 2.20 bits per heavy atom. The van der Waals surface area contributed by atoms with E-state index in [0.29, 0.717) is 16.5 Å². The van der Waals surface area contributed by atoms with Crippen LogP contribution in [0.15, 0.2) is 42.5 Å². The molecule has 0 aliphatic rings. The molecule has 2 rings (SSSR count). The van der Waals surface area contributed by atoms with Crippen LogP contribution in [0.4, 0.5) is 4.39 Å². The standard InChI is InChI=1S/C17H18ClFO/c1-11(2)12-3-5-13(6-4-12)17(20)9-14-7-8-15(18)10-16(14)19/h3-8,10-11,17,20H,9H2,1-2H3. The Balaban J connectivity index is 2.13. The van der Waals surface area contributed by atoms with E-state index in [1.165, 1.54) is 11.6 Å². The zero-order chi connectivity index (χ0) is 14.7. The molecule has 106 valence electrons. The van der Waals surface area contributed by atoms with Crippen LogP contribution in [-0.2, 0) is 6.42 Å². The van der Waals surface area contributed by atoms with Crippen molar-refractivity contribution in [3.63, 3.8) is 0 Å². The monoisotopic (exact) mass is 292 g/mol. The summed E-state index contributed by atoms with van der Waals surface area (Å²) >= 11 is 5.72. The lowest BCUT2D eigenvalue weighted by molar-refractivity contribution is 0.177. The minimum Gasteiger partial charge on any atom is -0.388 e. The van der Waals surface area contributed by atoms with Crippen molar-refractivity contribution in [1.29, 1.82) is 0 Å². The highest BCUT2D eigenvalue weighted by Gasteiger charge is 2.12. The van der Waals surface area contributed by atoms with Crippen LogP contribution in [0.25, 0.3) is 0 Å². The molecule has 2 aromatic carbocycles. The van der Waals surface area contributed by atoms with Crippen LogP contribution >= 0.6 is 11.6 Å². The summed E-state index contributed by atoms with van der Waals surface area (Å²) in [6.45, 7) is 4.24. The average molecular weight is 293 g/mol. The van der Waals surface area contributed by atoms with E-state index >= 15 is 0 Å². The fourth-order valence-corrected chi connectivity index (χ4v) is 2.28. The molecule has 0 aliphatic heterocycles. The summed E-state index contributed by atoms with van der Waals surface area (Å²) in [5.74, 6) is 0.0743. The average Bonchev–Trinajstić information content (AvgIpc) is 2.42. The minimum absolute atomic E-state index is 0.240. The number of hydrogen-bond donors (Lipinski definition) is 1. The minimum atomic E-state index is -0.716. The van der Waals surface area contributed by atoms with E-state index in [1.807, 2.05) is 24.3 Å². The molecule has 0 aromatic heterocycles. The predicted octanol–water partition coefficient (Wildman–Crippen LogP) is 4.88. The molecule has 1 atom stereocenters. The molecular formula is C17H18ClFO. The fourth-order valence-electron chi connectivity index (χ4n) is 2.12. The zero-order valence-electron chi connectivity index (χ0n) is 11.6. The van der Waals surface area contributed by atoms with Gasteiger partial charge in [0, 0.05) is 11.4 Å². The third-order valence-electron chi connectivity index (χ3n) is 3.42. The Hall–Kier alpha value is -1.38. The van der Waals surface area contributed by atoms with Gasteiger partial charge in [-0.2, -0.15) is 0 Å². The maximum atomic E-state index is 13.7. The van der Waals surface area contributed by atoms with Crippen LogP contribution < -0.4 is 0 Å². The Labute approximate surface area is 124 Å². The topological polar surface area (TPSA) is 20.2 Å². The molecule has 1 unspecified atom stereocenters. The Morgan fingerprint density at radius 1 is 1.05 bits per heavy atom. The lowest BCUT2D eigenvalue weighted by atomic mass is 9.97. The van der Waals surface area contributed by atoms with E-state index in [9.17, 15) is 9.50 Å². The summed E-state index contributed by atoms with van der Waals surface area (Å²) in [5, 5.41) is 10.6. The Morgan fingerprint density at radius 2 is 1.65 bits per heavy atom. The van der Waals surface area contributed by atoms with Gasteiger partial charge < -0.3 is 5.11 Å². The van der Waals surface area contributed by atoms with Crippen molar-refractivity contribution in [2.24, 2.45) is 0 Å². The number of rotatable bonds is 4. The third kappa shape index (κ3) is 3.59. The van der Waals surface area contributed by atoms with Crippen molar-refractivity contribution in [1.82, 2.24) is 0 Å². The summed E-state index contributed by atoms with van der Waals surface area (Å²) in [7, 11) is 0. The number of halogens is 2. The quantitative estimate of drug-likeness (QED) is 0.851. The highest BCUT2D eigenvalue weighted by molar-refractivity contribution is 6.30. The molecule has 0 saturated heterocycles. The molecule has 1 N–H and O–H groups in total.